The Kier molecular flexibility index (Phi) is 4.63. The molecule has 0 aliphatic rings. The molecule has 0 radical (unpaired) electrons. The van der Waals surface area contributed by atoms with Crippen molar-refractivity contribution in [2.75, 3.05) is 13.1 Å². The van der Waals surface area contributed by atoms with Crippen molar-refractivity contribution in [2.24, 2.45) is 5.73 Å². The van der Waals surface area contributed by atoms with Gasteiger partial charge < -0.3 is 10.6 Å². The molecular weight excluding hydrogens is 252 g/mol. The van der Waals surface area contributed by atoms with Gasteiger partial charge in [0.15, 0.2) is 0 Å². The summed E-state index contributed by atoms with van der Waals surface area (Å²) in [4.78, 5) is 23.1. The minimum atomic E-state index is -0.0143. The van der Waals surface area contributed by atoms with Gasteiger partial charge in [0.1, 0.15) is 5.52 Å². The SMILES string of the molecule is CC(C)N(CCCN)C(=O)c1cccc2nccnc12. The van der Waals surface area contributed by atoms with Crippen LogP contribution in [0.15, 0.2) is 30.6 Å². The van der Waals surface area contributed by atoms with Crippen molar-refractivity contribution in [3.8, 4) is 0 Å². The molecule has 2 N–H and O–H groups in total. The predicted octanol–water partition coefficient (Wildman–Crippen LogP) is 1.83. The van der Waals surface area contributed by atoms with E-state index in [1.165, 1.54) is 0 Å². The number of nitrogens with zero attached hydrogens (tertiary/aromatic N) is 3. The molecule has 5 nitrogen and oxygen atoms in total. The number of benzene rings is 1. The standard InChI is InChI=1S/C15H20N4O/c1-11(2)19(10-4-7-16)15(20)12-5-3-6-13-14(12)18-9-8-17-13/h3,5-6,8-9,11H,4,7,10,16H2,1-2H3. The molecule has 1 aromatic heterocycles. The lowest BCUT2D eigenvalue weighted by atomic mass is 10.1. The Hall–Kier alpha value is -2.01. The number of carbonyl (C=O) groups excluding carboxylic acids is 1. The highest BCUT2D eigenvalue weighted by atomic mass is 16.2. The lowest BCUT2D eigenvalue weighted by molar-refractivity contribution is 0.0706. The minimum absolute atomic E-state index is 0.0143. The molecule has 2 aromatic rings. The summed E-state index contributed by atoms with van der Waals surface area (Å²) in [5.74, 6) is -0.0143. The number of amides is 1. The van der Waals surface area contributed by atoms with E-state index in [0.29, 0.717) is 24.2 Å². The van der Waals surface area contributed by atoms with E-state index in [0.717, 1.165) is 11.9 Å². The zero-order chi connectivity index (χ0) is 14.5. The molecule has 106 valence electrons. The van der Waals surface area contributed by atoms with Gasteiger partial charge >= 0.3 is 0 Å². The first-order chi connectivity index (χ1) is 9.65. The molecule has 0 aliphatic carbocycles. The Bertz CT molecular complexity index is 592. The number of hydrogen-bond donors (Lipinski definition) is 1. The molecule has 0 spiro atoms. The summed E-state index contributed by atoms with van der Waals surface area (Å²) in [6.45, 7) is 5.24. The van der Waals surface area contributed by atoms with Gasteiger partial charge in [-0.15, -0.1) is 0 Å². The van der Waals surface area contributed by atoms with Crippen molar-refractivity contribution in [3.63, 3.8) is 0 Å². The highest BCUT2D eigenvalue weighted by molar-refractivity contribution is 6.04. The number of carbonyl (C=O) groups is 1. The predicted molar refractivity (Wildman–Crippen MR) is 79.4 cm³/mol. The maximum absolute atomic E-state index is 12.7. The molecule has 0 saturated carbocycles. The van der Waals surface area contributed by atoms with Gasteiger partial charge in [0.2, 0.25) is 0 Å². The van der Waals surface area contributed by atoms with Gasteiger partial charge in [0, 0.05) is 25.0 Å². The monoisotopic (exact) mass is 272 g/mol. The van der Waals surface area contributed by atoms with Crippen molar-refractivity contribution in [3.05, 3.63) is 36.2 Å². The fraction of sp³-hybridized carbons (Fsp3) is 0.400. The van der Waals surface area contributed by atoms with Crippen LogP contribution < -0.4 is 5.73 Å². The van der Waals surface area contributed by atoms with Crippen molar-refractivity contribution in [1.29, 1.82) is 0 Å². The first-order valence-electron chi connectivity index (χ1n) is 6.86. The molecular formula is C15H20N4O. The molecule has 2 rings (SSSR count). The topological polar surface area (TPSA) is 72.1 Å². The molecule has 0 unspecified atom stereocenters. The van der Waals surface area contributed by atoms with E-state index in [4.69, 9.17) is 5.73 Å². The van der Waals surface area contributed by atoms with Gasteiger partial charge in [0.05, 0.1) is 11.1 Å². The molecule has 0 bridgehead atoms. The largest absolute Gasteiger partial charge is 0.336 e. The lowest BCUT2D eigenvalue weighted by Gasteiger charge is -2.27. The summed E-state index contributed by atoms with van der Waals surface area (Å²) >= 11 is 0. The van der Waals surface area contributed by atoms with Gasteiger partial charge in [-0.2, -0.15) is 0 Å². The van der Waals surface area contributed by atoms with Crippen LogP contribution in [0.4, 0.5) is 0 Å². The second-order valence-electron chi connectivity index (χ2n) is 4.96. The number of para-hydroxylation sites is 1. The molecule has 1 heterocycles. The molecule has 1 aromatic carbocycles. The van der Waals surface area contributed by atoms with Gasteiger partial charge in [-0.3, -0.25) is 14.8 Å². The highest BCUT2D eigenvalue weighted by Gasteiger charge is 2.20. The first kappa shape index (κ1) is 14.4. The van der Waals surface area contributed by atoms with Crippen molar-refractivity contribution in [2.45, 2.75) is 26.3 Å². The molecule has 0 atom stereocenters. The third-order valence-electron chi connectivity index (χ3n) is 3.22. The number of rotatable bonds is 5. The van der Waals surface area contributed by atoms with E-state index in [1.54, 1.807) is 18.5 Å². The van der Waals surface area contributed by atoms with E-state index in [2.05, 4.69) is 9.97 Å². The Morgan fingerprint density at radius 2 is 2.05 bits per heavy atom. The van der Waals surface area contributed by atoms with E-state index in [-0.39, 0.29) is 11.9 Å². The van der Waals surface area contributed by atoms with Gasteiger partial charge in [0.25, 0.3) is 5.91 Å². The second-order valence-corrected chi connectivity index (χ2v) is 4.96. The van der Waals surface area contributed by atoms with Gasteiger partial charge in [-0.05, 0) is 38.9 Å². The third kappa shape index (κ3) is 2.93. The minimum Gasteiger partial charge on any atom is -0.336 e. The summed E-state index contributed by atoms with van der Waals surface area (Å²) in [6.07, 6.45) is 4.03. The summed E-state index contributed by atoms with van der Waals surface area (Å²) in [7, 11) is 0. The van der Waals surface area contributed by atoms with Crippen LogP contribution in [0.3, 0.4) is 0 Å². The number of fused-ring (bicyclic) bond motifs is 1. The molecule has 0 aliphatic heterocycles. The van der Waals surface area contributed by atoms with Crippen molar-refractivity contribution >= 4 is 16.9 Å². The smallest absolute Gasteiger partial charge is 0.256 e. The Morgan fingerprint density at radius 3 is 2.75 bits per heavy atom. The van der Waals surface area contributed by atoms with E-state index >= 15 is 0 Å². The second kappa shape index (κ2) is 6.43. The molecule has 0 saturated heterocycles. The average molecular weight is 272 g/mol. The fourth-order valence-corrected chi connectivity index (χ4v) is 2.18. The van der Waals surface area contributed by atoms with E-state index < -0.39 is 0 Å². The Labute approximate surface area is 118 Å². The maximum Gasteiger partial charge on any atom is 0.256 e. The van der Waals surface area contributed by atoms with Crippen molar-refractivity contribution in [1.82, 2.24) is 14.9 Å². The summed E-state index contributed by atoms with van der Waals surface area (Å²) in [6, 6.07) is 5.63. The number of aromatic nitrogens is 2. The summed E-state index contributed by atoms with van der Waals surface area (Å²) in [5.41, 5.74) is 7.53. The van der Waals surface area contributed by atoms with Crippen molar-refractivity contribution < 1.29 is 4.79 Å². The lowest BCUT2D eigenvalue weighted by Crippen LogP contribution is -2.38. The normalized spacial score (nSPS) is 11.0. The first-order valence-corrected chi connectivity index (χ1v) is 6.86. The van der Waals surface area contributed by atoms with E-state index in [9.17, 15) is 4.79 Å². The Morgan fingerprint density at radius 1 is 1.30 bits per heavy atom. The molecule has 1 amide bonds. The Balaban J connectivity index is 2.38. The number of nitrogens with two attached hydrogens (primary N) is 1. The van der Waals surface area contributed by atoms with Crippen LogP contribution in [0.25, 0.3) is 11.0 Å². The van der Waals surface area contributed by atoms with Crippen LogP contribution in [-0.2, 0) is 0 Å². The average Bonchev–Trinajstić information content (AvgIpc) is 2.46. The fourth-order valence-electron chi connectivity index (χ4n) is 2.18. The van der Waals surface area contributed by atoms with E-state index in [1.807, 2.05) is 30.9 Å². The van der Waals surface area contributed by atoms with Gasteiger partial charge in [-0.1, -0.05) is 6.07 Å². The third-order valence-corrected chi connectivity index (χ3v) is 3.22. The molecule has 0 fully saturated rings. The van der Waals surface area contributed by atoms with Crippen LogP contribution in [-0.4, -0.2) is 39.9 Å². The quantitative estimate of drug-likeness (QED) is 0.901. The van der Waals surface area contributed by atoms with Crippen LogP contribution in [0.2, 0.25) is 0 Å². The maximum atomic E-state index is 12.7. The van der Waals surface area contributed by atoms with Crippen LogP contribution in [0, 0.1) is 0 Å². The number of hydrogen-bond acceptors (Lipinski definition) is 4. The molecule has 20 heavy (non-hydrogen) atoms. The van der Waals surface area contributed by atoms with Crippen LogP contribution in [0.5, 0.6) is 0 Å². The van der Waals surface area contributed by atoms with Crippen LogP contribution >= 0.6 is 0 Å². The molecule has 5 heteroatoms. The summed E-state index contributed by atoms with van der Waals surface area (Å²) in [5, 5.41) is 0. The van der Waals surface area contributed by atoms with Gasteiger partial charge in [-0.25, -0.2) is 0 Å². The zero-order valence-corrected chi connectivity index (χ0v) is 11.9. The highest BCUT2D eigenvalue weighted by Crippen LogP contribution is 2.17. The van der Waals surface area contributed by atoms with Crippen LogP contribution in [0.1, 0.15) is 30.6 Å². The zero-order valence-electron chi connectivity index (χ0n) is 11.9. The summed E-state index contributed by atoms with van der Waals surface area (Å²) < 4.78 is 0.